The van der Waals surface area contributed by atoms with Crippen molar-refractivity contribution < 1.29 is 9.59 Å². The van der Waals surface area contributed by atoms with Crippen molar-refractivity contribution in [1.29, 1.82) is 0 Å². The maximum Gasteiger partial charge on any atom is 0.315 e. The molecule has 2 N–H and O–H groups in total. The molecule has 3 rings (SSSR count). The van der Waals surface area contributed by atoms with Gasteiger partial charge in [-0.15, -0.1) is 0 Å². The second-order valence-electron chi connectivity index (χ2n) is 5.76. The summed E-state index contributed by atoms with van der Waals surface area (Å²) in [4.78, 5) is 25.6. The predicted octanol–water partition coefficient (Wildman–Crippen LogP) is 1.29. The van der Waals surface area contributed by atoms with Gasteiger partial charge in [-0.3, -0.25) is 4.79 Å². The Morgan fingerprint density at radius 1 is 1.29 bits per heavy atom. The molecule has 0 bridgehead atoms. The summed E-state index contributed by atoms with van der Waals surface area (Å²) >= 11 is 0. The van der Waals surface area contributed by atoms with Gasteiger partial charge in [0.15, 0.2) is 0 Å². The van der Waals surface area contributed by atoms with E-state index in [1.165, 1.54) is 5.56 Å². The molecule has 0 aromatic heterocycles. The zero-order chi connectivity index (χ0) is 14.7. The maximum atomic E-state index is 12.5. The monoisotopic (exact) mass is 287 g/mol. The fourth-order valence-corrected chi connectivity index (χ4v) is 3.21. The standard InChI is InChI=1S/C16H21N3O2/c20-15(14-11-17-16(21)18-14)19-10-4-7-13(19)9-8-12-5-2-1-3-6-12/h1-3,5-6,13-14H,4,7-11H2,(H2,17,18,21)/t13-,14-/m0/s1. The van der Waals surface area contributed by atoms with Crippen LogP contribution in [0.4, 0.5) is 4.79 Å². The molecule has 2 fully saturated rings. The third-order valence-electron chi connectivity index (χ3n) is 4.34. The van der Waals surface area contributed by atoms with Crippen LogP contribution in [0.2, 0.25) is 0 Å². The number of hydrogen-bond acceptors (Lipinski definition) is 2. The third-order valence-corrected chi connectivity index (χ3v) is 4.34. The number of rotatable bonds is 4. The van der Waals surface area contributed by atoms with Crippen molar-refractivity contribution in [3.8, 4) is 0 Å². The van der Waals surface area contributed by atoms with Gasteiger partial charge in [0.05, 0.1) is 0 Å². The number of amides is 3. The highest BCUT2D eigenvalue weighted by Crippen LogP contribution is 2.23. The van der Waals surface area contributed by atoms with Gasteiger partial charge < -0.3 is 15.5 Å². The minimum Gasteiger partial charge on any atom is -0.338 e. The van der Waals surface area contributed by atoms with E-state index in [2.05, 4.69) is 22.8 Å². The van der Waals surface area contributed by atoms with Crippen LogP contribution in [0.25, 0.3) is 0 Å². The van der Waals surface area contributed by atoms with Crippen molar-refractivity contribution in [2.24, 2.45) is 0 Å². The largest absolute Gasteiger partial charge is 0.338 e. The number of nitrogens with zero attached hydrogens (tertiary/aromatic N) is 1. The first-order valence-electron chi connectivity index (χ1n) is 7.63. The van der Waals surface area contributed by atoms with Gasteiger partial charge in [-0.2, -0.15) is 0 Å². The van der Waals surface area contributed by atoms with Gasteiger partial charge in [-0.05, 0) is 31.2 Å². The summed E-state index contributed by atoms with van der Waals surface area (Å²) in [5.41, 5.74) is 1.31. The van der Waals surface area contributed by atoms with Crippen LogP contribution in [0.1, 0.15) is 24.8 Å². The van der Waals surface area contributed by atoms with Crippen LogP contribution >= 0.6 is 0 Å². The second-order valence-corrected chi connectivity index (χ2v) is 5.76. The number of hydrogen-bond donors (Lipinski definition) is 2. The molecule has 2 atom stereocenters. The highest BCUT2D eigenvalue weighted by atomic mass is 16.2. The van der Waals surface area contributed by atoms with Crippen LogP contribution in [0.15, 0.2) is 30.3 Å². The summed E-state index contributed by atoms with van der Waals surface area (Å²) in [6.45, 7) is 1.21. The summed E-state index contributed by atoms with van der Waals surface area (Å²) in [6, 6.07) is 10.0. The molecule has 2 aliphatic heterocycles. The van der Waals surface area contributed by atoms with Gasteiger partial charge in [0.2, 0.25) is 5.91 Å². The Kier molecular flexibility index (Phi) is 4.08. The van der Waals surface area contributed by atoms with Crippen molar-refractivity contribution in [3.05, 3.63) is 35.9 Å². The van der Waals surface area contributed by atoms with Gasteiger partial charge in [-0.25, -0.2) is 4.79 Å². The molecular formula is C16H21N3O2. The Bertz CT molecular complexity index is 518. The van der Waals surface area contributed by atoms with Gasteiger partial charge in [0.1, 0.15) is 6.04 Å². The molecule has 21 heavy (non-hydrogen) atoms. The molecule has 1 aromatic rings. The van der Waals surface area contributed by atoms with Crippen LogP contribution in [-0.2, 0) is 11.2 Å². The number of nitrogens with one attached hydrogen (secondary N) is 2. The first-order chi connectivity index (χ1) is 10.2. The van der Waals surface area contributed by atoms with Crippen molar-refractivity contribution in [1.82, 2.24) is 15.5 Å². The molecular weight excluding hydrogens is 266 g/mol. The Labute approximate surface area is 124 Å². The van der Waals surface area contributed by atoms with Crippen LogP contribution in [0.5, 0.6) is 0 Å². The SMILES string of the molecule is O=C1NC[C@@H](C(=O)N2CCC[C@H]2CCc2ccccc2)N1. The van der Waals surface area contributed by atoms with Gasteiger partial charge in [0.25, 0.3) is 0 Å². The molecule has 2 saturated heterocycles. The normalized spacial score (nSPS) is 24.8. The van der Waals surface area contributed by atoms with Gasteiger partial charge >= 0.3 is 6.03 Å². The molecule has 0 saturated carbocycles. The Morgan fingerprint density at radius 2 is 2.10 bits per heavy atom. The number of likely N-dealkylation sites (tertiary alicyclic amines) is 1. The minimum absolute atomic E-state index is 0.0592. The van der Waals surface area contributed by atoms with Crippen molar-refractivity contribution >= 4 is 11.9 Å². The smallest absolute Gasteiger partial charge is 0.315 e. The summed E-state index contributed by atoms with van der Waals surface area (Å²) in [5, 5.41) is 5.33. The summed E-state index contributed by atoms with van der Waals surface area (Å²) in [7, 11) is 0. The topological polar surface area (TPSA) is 61.4 Å². The van der Waals surface area contributed by atoms with E-state index < -0.39 is 6.04 Å². The molecule has 5 nitrogen and oxygen atoms in total. The zero-order valence-electron chi connectivity index (χ0n) is 12.0. The summed E-state index contributed by atoms with van der Waals surface area (Å²) < 4.78 is 0. The lowest BCUT2D eigenvalue weighted by atomic mass is 10.0. The van der Waals surface area contributed by atoms with Crippen LogP contribution in [0.3, 0.4) is 0 Å². The Morgan fingerprint density at radius 3 is 2.81 bits per heavy atom. The van der Waals surface area contributed by atoms with E-state index in [0.29, 0.717) is 12.6 Å². The molecule has 5 heteroatoms. The third kappa shape index (κ3) is 3.17. The number of aryl methyl sites for hydroxylation is 1. The fraction of sp³-hybridized carbons (Fsp3) is 0.500. The molecule has 3 amide bonds. The van der Waals surface area contributed by atoms with E-state index in [9.17, 15) is 9.59 Å². The quantitative estimate of drug-likeness (QED) is 0.876. The number of carbonyl (C=O) groups excluding carboxylic acids is 2. The van der Waals surface area contributed by atoms with E-state index in [0.717, 1.165) is 32.2 Å². The minimum atomic E-state index is -0.394. The average molecular weight is 287 g/mol. The molecule has 1 aromatic carbocycles. The van der Waals surface area contributed by atoms with Crippen LogP contribution in [-0.4, -0.2) is 42.0 Å². The molecule has 112 valence electrons. The molecule has 0 spiro atoms. The molecule has 0 radical (unpaired) electrons. The number of carbonyl (C=O) groups is 2. The average Bonchev–Trinajstić information content (AvgIpc) is 3.14. The van der Waals surface area contributed by atoms with Gasteiger partial charge in [-0.1, -0.05) is 30.3 Å². The number of urea groups is 1. The van der Waals surface area contributed by atoms with Crippen molar-refractivity contribution in [3.63, 3.8) is 0 Å². The summed E-state index contributed by atoms with van der Waals surface area (Å²) in [5.74, 6) is 0.0592. The fourth-order valence-electron chi connectivity index (χ4n) is 3.21. The highest BCUT2D eigenvalue weighted by molar-refractivity contribution is 5.90. The van der Waals surface area contributed by atoms with Gasteiger partial charge in [0, 0.05) is 19.1 Å². The predicted molar refractivity (Wildman–Crippen MR) is 79.8 cm³/mol. The zero-order valence-corrected chi connectivity index (χ0v) is 12.0. The molecule has 2 aliphatic rings. The molecule has 0 aliphatic carbocycles. The lowest BCUT2D eigenvalue weighted by molar-refractivity contribution is -0.133. The van der Waals surface area contributed by atoms with Crippen LogP contribution in [0, 0.1) is 0 Å². The first-order valence-corrected chi connectivity index (χ1v) is 7.63. The van der Waals surface area contributed by atoms with Crippen molar-refractivity contribution in [2.75, 3.05) is 13.1 Å². The Balaban J connectivity index is 1.57. The second kappa shape index (κ2) is 6.16. The number of benzene rings is 1. The van der Waals surface area contributed by atoms with E-state index in [1.807, 2.05) is 23.1 Å². The molecule has 2 heterocycles. The van der Waals surface area contributed by atoms with Crippen molar-refractivity contribution in [2.45, 2.75) is 37.8 Å². The van der Waals surface area contributed by atoms with E-state index in [1.54, 1.807) is 0 Å². The first kappa shape index (κ1) is 13.9. The molecule has 0 unspecified atom stereocenters. The lowest BCUT2D eigenvalue weighted by Crippen LogP contribution is -2.47. The lowest BCUT2D eigenvalue weighted by Gasteiger charge is -2.27. The highest BCUT2D eigenvalue weighted by Gasteiger charge is 2.35. The van der Waals surface area contributed by atoms with E-state index >= 15 is 0 Å². The Hall–Kier alpha value is -2.04. The van der Waals surface area contributed by atoms with E-state index in [4.69, 9.17) is 0 Å². The van der Waals surface area contributed by atoms with Crippen LogP contribution < -0.4 is 10.6 Å². The van der Waals surface area contributed by atoms with E-state index in [-0.39, 0.29) is 11.9 Å². The summed E-state index contributed by atoms with van der Waals surface area (Å²) in [6.07, 6.45) is 4.10. The maximum absolute atomic E-state index is 12.5.